The summed E-state index contributed by atoms with van der Waals surface area (Å²) in [7, 11) is 2.71. The summed E-state index contributed by atoms with van der Waals surface area (Å²) in [6.45, 7) is 0. The third kappa shape index (κ3) is 6.72. The second-order valence-corrected chi connectivity index (χ2v) is 2.49. The number of alkyl halides is 1. The Morgan fingerprint density at radius 3 is 2.29 bits per heavy atom. The van der Waals surface area contributed by atoms with Crippen molar-refractivity contribution in [1.29, 1.82) is 0 Å². The summed E-state index contributed by atoms with van der Waals surface area (Å²) < 4.78 is 0. The number of hydrogen-bond acceptors (Lipinski definition) is 0. The van der Waals surface area contributed by atoms with Gasteiger partial charge in [0.15, 0.2) is 0 Å². The molecule has 0 aromatic carbocycles. The third-order valence-electron chi connectivity index (χ3n) is 0.838. The minimum atomic E-state index is 0.824. The van der Waals surface area contributed by atoms with Gasteiger partial charge in [-0.3, -0.25) is 0 Å². The number of hydrogen-bond donors (Lipinski definition) is 0. The van der Waals surface area contributed by atoms with E-state index in [1.165, 1.54) is 25.4 Å². The van der Waals surface area contributed by atoms with E-state index in [0.29, 0.717) is 0 Å². The second kappa shape index (κ2) is 6.72. The summed E-state index contributed by atoms with van der Waals surface area (Å²) in [5.74, 6) is 0.824. The van der Waals surface area contributed by atoms with E-state index in [2.05, 4.69) is 9.24 Å². The molecular formula is C5H12ClP. The van der Waals surface area contributed by atoms with E-state index in [1.54, 1.807) is 0 Å². The Balaban J connectivity index is 2.45. The highest BCUT2D eigenvalue weighted by Gasteiger charge is 1.81. The van der Waals surface area contributed by atoms with Gasteiger partial charge in [-0.05, 0) is 19.0 Å². The van der Waals surface area contributed by atoms with Crippen molar-refractivity contribution in [1.82, 2.24) is 0 Å². The first kappa shape index (κ1) is 7.72. The van der Waals surface area contributed by atoms with Gasteiger partial charge >= 0.3 is 0 Å². The Hall–Kier alpha value is 0.720. The maximum atomic E-state index is 5.43. The van der Waals surface area contributed by atoms with Crippen molar-refractivity contribution in [2.45, 2.75) is 19.3 Å². The zero-order valence-electron chi connectivity index (χ0n) is 4.49. The average Bonchev–Trinajstić information content (AvgIpc) is 1.69. The molecule has 0 aromatic heterocycles. The van der Waals surface area contributed by atoms with Crippen LogP contribution in [0.4, 0.5) is 0 Å². The van der Waals surface area contributed by atoms with Crippen LogP contribution in [0, 0.1) is 0 Å². The summed E-state index contributed by atoms with van der Waals surface area (Å²) in [5, 5.41) is 0. The lowest BCUT2D eigenvalue weighted by Gasteiger charge is -1.89. The summed E-state index contributed by atoms with van der Waals surface area (Å²) >= 11 is 5.43. The SMILES string of the molecule is PCCCCCCl. The third-order valence-corrected chi connectivity index (χ3v) is 1.51. The topological polar surface area (TPSA) is 0 Å². The van der Waals surface area contributed by atoms with Gasteiger partial charge in [0.1, 0.15) is 0 Å². The molecule has 2 heteroatoms. The largest absolute Gasteiger partial charge is 0.138 e. The van der Waals surface area contributed by atoms with Crippen LogP contribution in [-0.4, -0.2) is 12.0 Å². The van der Waals surface area contributed by atoms with Crippen LogP contribution in [0.25, 0.3) is 0 Å². The maximum absolute atomic E-state index is 5.43. The van der Waals surface area contributed by atoms with Crippen molar-refractivity contribution in [3.63, 3.8) is 0 Å². The monoisotopic (exact) mass is 138 g/mol. The molecule has 1 atom stereocenters. The first-order valence-electron chi connectivity index (χ1n) is 2.68. The van der Waals surface area contributed by atoms with E-state index in [4.69, 9.17) is 11.6 Å². The highest BCUT2D eigenvalue weighted by molar-refractivity contribution is 7.16. The molecule has 0 nitrogen and oxygen atoms in total. The highest BCUT2D eigenvalue weighted by atomic mass is 35.5. The standard InChI is InChI=1S/C5H12ClP/c6-4-2-1-3-5-7/h1-5,7H2. The molecule has 0 saturated carbocycles. The molecule has 0 spiro atoms. The number of rotatable bonds is 4. The van der Waals surface area contributed by atoms with Crippen molar-refractivity contribution in [2.24, 2.45) is 0 Å². The smallest absolute Gasteiger partial charge is 0.0223 e. The lowest BCUT2D eigenvalue weighted by atomic mass is 10.3. The van der Waals surface area contributed by atoms with Gasteiger partial charge in [-0.25, -0.2) is 0 Å². The number of halogens is 1. The van der Waals surface area contributed by atoms with Crippen LogP contribution in [0.5, 0.6) is 0 Å². The van der Waals surface area contributed by atoms with Crippen LogP contribution in [0.3, 0.4) is 0 Å². The van der Waals surface area contributed by atoms with Crippen molar-refractivity contribution in [3.8, 4) is 0 Å². The van der Waals surface area contributed by atoms with Gasteiger partial charge in [-0.1, -0.05) is 6.42 Å². The van der Waals surface area contributed by atoms with E-state index in [1.807, 2.05) is 0 Å². The van der Waals surface area contributed by atoms with Crippen LogP contribution in [-0.2, 0) is 0 Å². The molecule has 0 N–H and O–H groups in total. The van der Waals surface area contributed by atoms with Crippen molar-refractivity contribution < 1.29 is 0 Å². The fraction of sp³-hybridized carbons (Fsp3) is 1.00. The molecule has 0 aromatic rings. The Kier molecular flexibility index (Phi) is 7.41. The fourth-order valence-corrected chi connectivity index (χ4v) is 0.893. The van der Waals surface area contributed by atoms with Gasteiger partial charge in [0.05, 0.1) is 0 Å². The predicted molar refractivity (Wildman–Crippen MR) is 39.1 cm³/mol. The molecule has 0 heterocycles. The molecule has 0 bridgehead atoms. The minimum Gasteiger partial charge on any atom is -0.138 e. The van der Waals surface area contributed by atoms with Crippen molar-refractivity contribution >= 4 is 20.8 Å². The Bertz CT molecular complexity index is 27.3. The van der Waals surface area contributed by atoms with E-state index in [9.17, 15) is 0 Å². The fourth-order valence-electron chi connectivity index (χ4n) is 0.416. The van der Waals surface area contributed by atoms with E-state index >= 15 is 0 Å². The molecule has 0 aliphatic carbocycles. The summed E-state index contributed by atoms with van der Waals surface area (Å²) in [5.41, 5.74) is 0. The summed E-state index contributed by atoms with van der Waals surface area (Å²) in [6.07, 6.45) is 4.98. The molecule has 0 aliphatic heterocycles. The molecule has 44 valence electrons. The Morgan fingerprint density at radius 1 is 1.14 bits per heavy atom. The average molecular weight is 139 g/mol. The zero-order chi connectivity index (χ0) is 5.54. The highest BCUT2D eigenvalue weighted by Crippen LogP contribution is 1.98. The van der Waals surface area contributed by atoms with E-state index in [0.717, 1.165) is 5.88 Å². The van der Waals surface area contributed by atoms with Crippen LogP contribution >= 0.6 is 20.8 Å². The maximum Gasteiger partial charge on any atom is 0.0223 e. The number of unbranched alkanes of at least 4 members (excludes halogenated alkanes) is 2. The molecule has 7 heavy (non-hydrogen) atoms. The first-order valence-corrected chi connectivity index (χ1v) is 4.03. The van der Waals surface area contributed by atoms with E-state index in [-0.39, 0.29) is 0 Å². The molecule has 0 rings (SSSR count). The molecular weight excluding hydrogens is 126 g/mol. The summed E-state index contributed by atoms with van der Waals surface area (Å²) in [4.78, 5) is 0. The summed E-state index contributed by atoms with van der Waals surface area (Å²) in [6, 6.07) is 0. The second-order valence-electron chi connectivity index (χ2n) is 1.54. The van der Waals surface area contributed by atoms with Crippen LogP contribution < -0.4 is 0 Å². The van der Waals surface area contributed by atoms with Gasteiger partial charge < -0.3 is 0 Å². The Morgan fingerprint density at radius 2 is 1.86 bits per heavy atom. The van der Waals surface area contributed by atoms with Crippen LogP contribution in [0.15, 0.2) is 0 Å². The van der Waals surface area contributed by atoms with Gasteiger partial charge in [0, 0.05) is 5.88 Å². The molecule has 0 amide bonds. The molecule has 0 saturated heterocycles. The lowest BCUT2D eigenvalue weighted by molar-refractivity contribution is 0.783. The van der Waals surface area contributed by atoms with Crippen LogP contribution in [0.1, 0.15) is 19.3 Å². The van der Waals surface area contributed by atoms with Gasteiger partial charge in [-0.2, -0.15) is 0 Å². The first-order chi connectivity index (χ1) is 3.41. The Labute approximate surface area is 52.8 Å². The van der Waals surface area contributed by atoms with Crippen molar-refractivity contribution in [2.75, 3.05) is 12.0 Å². The van der Waals surface area contributed by atoms with E-state index < -0.39 is 0 Å². The van der Waals surface area contributed by atoms with Crippen LogP contribution in [0.2, 0.25) is 0 Å². The zero-order valence-corrected chi connectivity index (χ0v) is 6.40. The van der Waals surface area contributed by atoms with Gasteiger partial charge in [0.2, 0.25) is 0 Å². The minimum absolute atomic E-state index is 0.824. The van der Waals surface area contributed by atoms with Gasteiger partial charge in [0.25, 0.3) is 0 Å². The molecule has 1 unspecified atom stereocenters. The lowest BCUT2D eigenvalue weighted by Crippen LogP contribution is -1.76. The molecule has 0 fully saturated rings. The molecule has 0 radical (unpaired) electrons. The normalized spacial score (nSPS) is 9.43. The molecule has 0 aliphatic rings. The quantitative estimate of drug-likeness (QED) is 0.318. The van der Waals surface area contributed by atoms with Gasteiger partial charge in [-0.15, -0.1) is 20.8 Å². The predicted octanol–water partition coefficient (Wildman–Crippen LogP) is 2.27. The van der Waals surface area contributed by atoms with Crippen molar-refractivity contribution in [3.05, 3.63) is 0 Å².